The van der Waals surface area contributed by atoms with E-state index >= 15 is 0 Å². The number of esters is 1. The molecule has 1 atom stereocenters. The number of carbonyl (C=O) groups excluding carboxylic acids is 2. The molecule has 1 unspecified atom stereocenters. The van der Waals surface area contributed by atoms with E-state index in [9.17, 15) is 14.4 Å². The molecule has 0 saturated heterocycles. The summed E-state index contributed by atoms with van der Waals surface area (Å²) in [6.07, 6.45) is 0. The molecule has 1 N–H and O–H groups in total. The second kappa shape index (κ2) is 8.78. The van der Waals surface area contributed by atoms with Crippen molar-refractivity contribution >= 4 is 49.5 Å². The number of aryl methyl sites for hydroxylation is 3. The predicted octanol–water partition coefficient (Wildman–Crippen LogP) is 4.91. The zero-order valence-electron chi connectivity index (χ0n) is 19.2. The number of thiazole rings is 1. The van der Waals surface area contributed by atoms with Crippen molar-refractivity contribution in [2.45, 2.75) is 40.7 Å². The van der Waals surface area contributed by atoms with Crippen LogP contribution in [0.5, 0.6) is 0 Å². The largest absolute Gasteiger partial charge is 0.462 e. The van der Waals surface area contributed by atoms with Crippen LogP contribution in [0.2, 0.25) is 0 Å². The number of anilines is 1. The average Bonchev–Trinajstić information content (AvgIpc) is 3.15. The SMILES string of the molecule is CCOC(=O)c1ccc2nc(NC(=O)C(C)n3c(=O)cc(C)c4cc(C)cc(C)c43)sc2c1. The van der Waals surface area contributed by atoms with Crippen LogP contribution in [0.15, 0.2) is 41.2 Å². The van der Waals surface area contributed by atoms with E-state index in [-0.39, 0.29) is 11.5 Å². The number of aromatic nitrogens is 2. The Kier molecular flexibility index (Phi) is 6.03. The Labute approximate surface area is 195 Å². The number of pyridine rings is 1. The Morgan fingerprint density at radius 2 is 1.88 bits per heavy atom. The standard InChI is InChI=1S/C25H25N3O4S/c1-6-32-24(31)17-7-8-19-20(12-17)33-25(26-19)27-23(30)16(5)28-21(29)11-14(3)18-10-13(2)9-15(4)22(18)28/h7-12,16H,6H2,1-5H3,(H,26,27,30). The lowest BCUT2D eigenvalue weighted by molar-refractivity contribution is -0.118. The van der Waals surface area contributed by atoms with E-state index in [1.165, 1.54) is 11.3 Å². The Hall–Kier alpha value is -3.52. The van der Waals surface area contributed by atoms with Gasteiger partial charge >= 0.3 is 5.97 Å². The van der Waals surface area contributed by atoms with Crippen LogP contribution in [-0.2, 0) is 9.53 Å². The van der Waals surface area contributed by atoms with Gasteiger partial charge in [-0.05, 0) is 70.0 Å². The van der Waals surface area contributed by atoms with Crippen LogP contribution in [0.25, 0.3) is 21.1 Å². The van der Waals surface area contributed by atoms with E-state index in [0.717, 1.165) is 32.3 Å². The molecule has 0 bridgehead atoms. The summed E-state index contributed by atoms with van der Waals surface area (Å²) in [5.41, 5.74) is 4.56. The maximum Gasteiger partial charge on any atom is 0.338 e. The van der Waals surface area contributed by atoms with Crippen LogP contribution in [0.3, 0.4) is 0 Å². The summed E-state index contributed by atoms with van der Waals surface area (Å²) in [4.78, 5) is 42.5. The normalized spacial score (nSPS) is 12.2. The fourth-order valence-corrected chi connectivity index (χ4v) is 4.96. The molecule has 4 aromatic rings. The van der Waals surface area contributed by atoms with Crippen LogP contribution >= 0.6 is 11.3 Å². The van der Waals surface area contributed by atoms with Gasteiger partial charge in [-0.3, -0.25) is 14.2 Å². The average molecular weight is 464 g/mol. The molecule has 1 amide bonds. The molecule has 0 spiro atoms. The maximum absolute atomic E-state index is 13.1. The Bertz CT molecular complexity index is 1470. The number of hydrogen-bond acceptors (Lipinski definition) is 6. The maximum atomic E-state index is 13.1. The van der Waals surface area contributed by atoms with Gasteiger partial charge in [-0.2, -0.15) is 0 Å². The molecule has 0 radical (unpaired) electrons. The smallest absolute Gasteiger partial charge is 0.338 e. The Balaban J connectivity index is 1.67. The van der Waals surface area contributed by atoms with Gasteiger partial charge in [0.1, 0.15) is 6.04 Å². The van der Waals surface area contributed by atoms with Crippen molar-refractivity contribution in [2.75, 3.05) is 11.9 Å². The topological polar surface area (TPSA) is 90.3 Å². The van der Waals surface area contributed by atoms with Gasteiger partial charge in [0.15, 0.2) is 5.13 Å². The third-order valence-corrected chi connectivity index (χ3v) is 6.52. The lowest BCUT2D eigenvalue weighted by Crippen LogP contribution is -2.32. The Morgan fingerprint density at radius 3 is 2.61 bits per heavy atom. The van der Waals surface area contributed by atoms with Gasteiger partial charge in [-0.15, -0.1) is 0 Å². The number of benzene rings is 2. The number of amides is 1. The first-order valence-electron chi connectivity index (χ1n) is 10.7. The summed E-state index contributed by atoms with van der Waals surface area (Å²) in [6, 6.07) is 9.94. The number of nitrogens with one attached hydrogen (secondary N) is 1. The van der Waals surface area contributed by atoms with Crippen molar-refractivity contribution < 1.29 is 14.3 Å². The van der Waals surface area contributed by atoms with Gasteiger partial charge in [0.2, 0.25) is 5.91 Å². The summed E-state index contributed by atoms with van der Waals surface area (Å²) in [5, 5.41) is 4.19. The third kappa shape index (κ3) is 4.26. The number of ether oxygens (including phenoxy) is 1. The fraction of sp³-hybridized carbons (Fsp3) is 0.280. The molecule has 170 valence electrons. The second-order valence-corrected chi connectivity index (χ2v) is 9.13. The third-order valence-electron chi connectivity index (χ3n) is 5.58. The molecule has 33 heavy (non-hydrogen) atoms. The molecule has 2 aromatic heterocycles. The zero-order chi connectivity index (χ0) is 23.9. The van der Waals surface area contributed by atoms with Crippen LogP contribution in [0.4, 0.5) is 5.13 Å². The van der Waals surface area contributed by atoms with Gasteiger partial charge < -0.3 is 10.1 Å². The van der Waals surface area contributed by atoms with Crippen LogP contribution in [-0.4, -0.2) is 28.0 Å². The van der Waals surface area contributed by atoms with Gasteiger partial charge in [0.25, 0.3) is 5.56 Å². The van der Waals surface area contributed by atoms with E-state index in [0.29, 0.717) is 22.8 Å². The molecule has 2 aromatic carbocycles. The van der Waals surface area contributed by atoms with Crippen molar-refractivity contribution in [1.29, 1.82) is 0 Å². The van der Waals surface area contributed by atoms with E-state index in [1.807, 2.05) is 32.9 Å². The predicted molar refractivity (Wildman–Crippen MR) is 131 cm³/mol. The van der Waals surface area contributed by atoms with Crippen LogP contribution in [0.1, 0.15) is 46.9 Å². The number of carbonyl (C=O) groups is 2. The molecule has 0 saturated carbocycles. The lowest BCUT2D eigenvalue weighted by Gasteiger charge is -2.20. The van der Waals surface area contributed by atoms with E-state index in [1.54, 1.807) is 42.7 Å². The molecular formula is C25H25N3O4S. The zero-order valence-corrected chi connectivity index (χ0v) is 20.0. The first-order chi connectivity index (χ1) is 15.7. The second-order valence-electron chi connectivity index (χ2n) is 8.10. The minimum atomic E-state index is -0.746. The highest BCUT2D eigenvalue weighted by atomic mass is 32.1. The van der Waals surface area contributed by atoms with Gasteiger partial charge in [0.05, 0.1) is 27.9 Å². The number of nitrogens with zero attached hydrogens (tertiary/aromatic N) is 2. The molecule has 0 aliphatic carbocycles. The highest BCUT2D eigenvalue weighted by molar-refractivity contribution is 7.22. The van der Waals surface area contributed by atoms with E-state index in [4.69, 9.17) is 4.74 Å². The minimum absolute atomic E-state index is 0.224. The quantitative estimate of drug-likeness (QED) is 0.425. The number of rotatable bonds is 5. The molecule has 8 heteroatoms. The molecule has 4 rings (SSSR count). The Morgan fingerprint density at radius 1 is 1.12 bits per heavy atom. The highest BCUT2D eigenvalue weighted by Gasteiger charge is 2.22. The van der Waals surface area contributed by atoms with E-state index < -0.39 is 12.0 Å². The lowest BCUT2D eigenvalue weighted by atomic mass is 10.0. The van der Waals surface area contributed by atoms with Crippen molar-refractivity contribution in [3.05, 3.63) is 69.0 Å². The number of hydrogen-bond donors (Lipinski definition) is 1. The van der Waals surface area contributed by atoms with Crippen LogP contribution in [0, 0.1) is 20.8 Å². The molecule has 0 aliphatic heterocycles. The molecule has 0 fully saturated rings. The first kappa shape index (κ1) is 22.7. The van der Waals surface area contributed by atoms with Gasteiger partial charge in [0, 0.05) is 11.5 Å². The van der Waals surface area contributed by atoms with Crippen molar-refractivity contribution in [2.24, 2.45) is 0 Å². The van der Waals surface area contributed by atoms with Crippen LogP contribution < -0.4 is 10.9 Å². The fourth-order valence-electron chi connectivity index (χ4n) is 4.05. The molecular weight excluding hydrogens is 438 g/mol. The van der Waals surface area contributed by atoms with E-state index in [2.05, 4.69) is 10.3 Å². The summed E-state index contributed by atoms with van der Waals surface area (Å²) in [7, 11) is 0. The first-order valence-corrected chi connectivity index (χ1v) is 11.5. The van der Waals surface area contributed by atoms with Crippen molar-refractivity contribution in [3.63, 3.8) is 0 Å². The molecule has 0 aliphatic rings. The number of fused-ring (bicyclic) bond motifs is 2. The summed E-state index contributed by atoms with van der Waals surface area (Å²) >= 11 is 1.27. The van der Waals surface area contributed by atoms with Crippen molar-refractivity contribution in [1.82, 2.24) is 9.55 Å². The molecule has 2 heterocycles. The summed E-state index contributed by atoms with van der Waals surface area (Å²) < 4.78 is 7.34. The highest BCUT2D eigenvalue weighted by Crippen LogP contribution is 2.29. The van der Waals surface area contributed by atoms with Gasteiger partial charge in [-0.1, -0.05) is 23.0 Å². The molecule has 7 nitrogen and oxygen atoms in total. The monoisotopic (exact) mass is 463 g/mol. The van der Waals surface area contributed by atoms with Crippen molar-refractivity contribution in [3.8, 4) is 0 Å². The van der Waals surface area contributed by atoms with Gasteiger partial charge in [-0.25, -0.2) is 9.78 Å². The summed E-state index contributed by atoms with van der Waals surface area (Å²) in [6.45, 7) is 9.62. The summed E-state index contributed by atoms with van der Waals surface area (Å²) in [5.74, 6) is -0.741. The minimum Gasteiger partial charge on any atom is -0.462 e.